The quantitative estimate of drug-likeness (QED) is 0.293. The van der Waals surface area contributed by atoms with Crippen molar-refractivity contribution in [3.8, 4) is 5.75 Å². The number of rotatable bonds is 6. The molecule has 4 aliphatic heterocycles. The number of likely N-dealkylation sites (N-methyl/N-ethyl adjacent to an activating group) is 1. The summed E-state index contributed by atoms with van der Waals surface area (Å²) in [6.45, 7) is 5.90. The number of carbonyl (C=O) groups excluding carboxylic acids is 2. The van der Waals surface area contributed by atoms with E-state index < -0.39 is 40.2 Å². The van der Waals surface area contributed by atoms with Crippen LogP contribution in [0.2, 0.25) is 0 Å². The maximum Gasteiger partial charge on any atom is 0.259 e. The molecule has 3 saturated heterocycles. The highest BCUT2D eigenvalue weighted by atomic mass is 19.1. The van der Waals surface area contributed by atoms with Crippen molar-refractivity contribution < 1.29 is 27.5 Å². The van der Waals surface area contributed by atoms with Crippen LogP contribution in [0.25, 0.3) is 10.9 Å². The van der Waals surface area contributed by atoms with Gasteiger partial charge in [-0.3, -0.25) is 14.4 Å². The number of ether oxygens (including phenoxy) is 1. The maximum atomic E-state index is 15.8. The maximum absolute atomic E-state index is 15.8. The molecule has 1 aromatic heterocycles. The Balaban J connectivity index is 1.02. The Morgan fingerprint density at radius 1 is 0.941 bits per heavy atom. The fourth-order valence-electron chi connectivity index (χ4n) is 8.00. The average molecular weight is 701 g/mol. The van der Waals surface area contributed by atoms with Crippen molar-refractivity contribution in [1.82, 2.24) is 19.3 Å². The monoisotopic (exact) mass is 700 g/mol. The van der Waals surface area contributed by atoms with Gasteiger partial charge in [0, 0.05) is 71.2 Å². The molecular formula is C38H39F3N6O4. The van der Waals surface area contributed by atoms with E-state index in [0.29, 0.717) is 43.0 Å². The smallest absolute Gasteiger partial charge is 0.259 e. The van der Waals surface area contributed by atoms with Gasteiger partial charge in [0.25, 0.3) is 11.8 Å². The van der Waals surface area contributed by atoms with Crippen LogP contribution in [-0.2, 0) is 6.54 Å². The number of pyridine rings is 1. The van der Waals surface area contributed by atoms with Crippen molar-refractivity contribution in [2.45, 2.75) is 31.5 Å². The van der Waals surface area contributed by atoms with E-state index in [1.807, 2.05) is 53.8 Å². The summed E-state index contributed by atoms with van der Waals surface area (Å²) in [5.41, 5.74) is -0.00384. The van der Waals surface area contributed by atoms with Gasteiger partial charge in [-0.15, -0.1) is 0 Å². The first kappa shape index (κ1) is 33.1. The number of likely N-dealkylation sites (tertiary alicyclic amines) is 2. The first-order valence-corrected chi connectivity index (χ1v) is 17.3. The van der Waals surface area contributed by atoms with Gasteiger partial charge < -0.3 is 33.8 Å². The summed E-state index contributed by atoms with van der Waals surface area (Å²) in [5, 5.41) is 0.0791. The molecule has 0 aliphatic carbocycles. The minimum absolute atomic E-state index is 0.0791. The number of nitrogens with zero attached hydrogens (tertiary/aromatic N) is 6. The SMILES string of the molecule is CC1COc2c(N3CCN(C)CC3)c(F)cc3c(=O)c(C(=O)N4CC5(CCN5C(=O)c5cc(F)c(N(C)Cc6ccccc6)c(F)c5)C4)cn1c23. The zero-order chi connectivity index (χ0) is 35.8. The lowest BCUT2D eigenvalue weighted by atomic mass is 9.76. The summed E-state index contributed by atoms with van der Waals surface area (Å²) in [7, 11) is 3.60. The van der Waals surface area contributed by atoms with Crippen LogP contribution in [0.3, 0.4) is 0 Å². The molecule has 0 bridgehead atoms. The normalized spacial score (nSPS) is 19.5. The largest absolute Gasteiger partial charge is 0.487 e. The van der Waals surface area contributed by atoms with E-state index in [-0.39, 0.29) is 54.5 Å². The van der Waals surface area contributed by atoms with Gasteiger partial charge in [0.2, 0.25) is 5.43 Å². The van der Waals surface area contributed by atoms with Crippen LogP contribution in [0.4, 0.5) is 24.5 Å². The van der Waals surface area contributed by atoms with Crippen molar-refractivity contribution >= 4 is 34.1 Å². The third-order valence-electron chi connectivity index (χ3n) is 11.0. The van der Waals surface area contributed by atoms with Gasteiger partial charge in [0.1, 0.15) is 35.2 Å². The van der Waals surface area contributed by atoms with Crippen LogP contribution in [0.1, 0.15) is 45.7 Å². The first-order chi connectivity index (χ1) is 24.5. The van der Waals surface area contributed by atoms with Crippen LogP contribution >= 0.6 is 0 Å². The molecule has 10 nitrogen and oxygen atoms in total. The average Bonchev–Trinajstić information content (AvgIpc) is 3.06. The van der Waals surface area contributed by atoms with Crippen LogP contribution in [0, 0.1) is 17.5 Å². The highest BCUT2D eigenvalue weighted by Gasteiger charge is 2.57. The van der Waals surface area contributed by atoms with Gasteiger partial charge in [0.05, 0.1) is 22.5 Å². The lowest BCUT2D eigenvalue weighted by molar-refractivity contribution is -0.0848. The summed E-state index contributed by atoms with van der Waals surface area (Å²) in [4.78, 5) is 49.9. The molecule has 5 heterocycles. The molecule has 1 spiro atoms. The second-order valence-electron chi connectivity index (χ2n) is 14.4. The first-order valence-electron chi connectivity index (χ1n) is 17.3. The summed E-state index contributed by atoms with van der Waals surface area (Å²) in [6, 6.07) is 12.4. The van der Waals surface area contributed by atoms with Crippen molar-refractivity contribution in [3.05, 3.63) is 99.1 Å². The molecule has 2 amide bonds. The van der Waals surface area contributed by atoms with Crippen LogP contribution in [0.5, 0.6) is 5.75 Å². The van der Waals surface area contributed by atoms with Gasteiger partial charge in [0.15, 0.2) is 11.6 Å². The standard InChI is InChI=1S/C38H39F3N6O4/c1-23-20-51-35-31-26(17-30(41)33(35)44-13-11-42(2)12-14-44)34(48)27(19-46(23)31)37(50)45-21-38(22-45)9-10-47(38)36(49)25-15-28(39)32(29(40)16-25)43(3)18-24-7-5-4-6-8-24/h4-8,15-17,19,23H,9-14,18,20-22H2,1-3H3. The molecule has 1 unspecified atom stereocenters. The van der Waals surface area contributed by atoms with Crippen molar-refractivity contribution in [2.24, 2.45) is 0 Å². The zero-order valence-corrected chi connectivity index (χ0v) is 28.8. The molecule has 266 valence electrons. The second-order valence-corrected chi connectivity index (χ2v) is 14.4. The van der Waals surface area contributed by atoms with E-state index >= 15 is 13.2 Å². The van der Waals surface area contributed by atoms with Crippen molar-refractivity contribution in [1.29, 1.82) is 0 Å². The number of carbonyl (C=O) groups is 2. The number of halogens is 3. The van der Waals surface area contributed by atoms with Gasteiger partial charge >= 0.3 is 0 Å². The van der Waals surface area contributed by atoms with Crippen molar-refractivity contribution in [3.63, 3.8) is 0 Å². The Hall–Kier alpha value is -5.04. The predicted molar refractivity (Wildman–Crippen MR) is 187 cm³/mol. The van der Waals surface area contributed by atoms with Crippen LogP contribution in [0.15, 0.2) is 59.5 Å². The van der Waals surface area contributed by atoms with E-state index in [2.05, 4.69) is 4.90 Å². The Bertz CT molecular complexity index is 2100. The van der Waals surface area contributed by atoms with Gasteiger partial charge in [-0.1, -0.05) is 30.3 Å². The molecule has 51 heavy (non-hydrogen) atoms. The Labute approximate surface area is 293 Å². The molecule has 8 rings (SSSR count). The fourth-order valence-corrected chi connectivity index (χ4v) is 8.00. The molecule has 0 N–H and O–H groups in total. The summed E-state index contributed by atoms with van der Waals surface area (Å²) < 4.78 is 54.3. The summed E-state index contributed by atoms with van der Waals surface area (Å²) in [6.07, 6.45) is 2.15. The topological polar surface area (TPSA) is 81.6 Å². The Kier molecular flexibility index (Phi) is 8.01. The van der Waals surface area contributed by atoms with E-state index in [1.165, 1.54) is 15.9 Å². The highest BCUT2D eigenvalue weighted by Crippen LogP contribution is 2.44. The predicted octanol–water partition coefficient (Wildman–Crippen LogP) is 4.50. The molecule has 0 radical (unpaired) electrons. The molecule has 13 heteroatoms. The lowest BCUT2D eigenvalue weighted by Crippen LogP contribution is -2.78. The summed E-state index contributed by atoms with van der Waals surface area (Å²) >= 11 is 0. The number of benzene rings is 3. The molecule has 4 aliphatic rings. The minimum atomic E-state index is -0.840. The van der Waals surface area contributed by atoms with E-state index in [9.17, 15) is 14.4 Å². The van der Waals surface area contributed by atoms with Gasteiger partial charge in [-0.25, -0.2) is 13.2 Å². The van der Waals surface area contributed by atoms with Gasteiger partial charge in [-0.2, -0.15) is 0 Å². The number of aromatic nitrogens is 1. The number of amides is 2. The summed E-state index contributed by atoms with van der Waals surface area (Å²) in [5.74, 6) is -2.97. The van der Waals surface area contributed by atoms with E-state index in [4.69, 9.17) is 4.74 Å². The second kappa shape index (κ2) is 12.3. The zero-order valence-electron chi connectivity index (χ0n) is 28.8. The highest BCUT2D eigenvalue weighted by molar-refractivity contribution is 6.01. The minimum Gasteiger partial charge on any atom is -0.487 e. The number of hydrogen-bond acceptors (Lipinski definition) is 7. The van der Waals surface area contributed by atoms with Crippen LogP contribution in [-0.4, -0.2) is 103 Å². The Morgan fingerprint density at radius 3 is 2.27 bits per heavy atom. The molecule has 3 aromatic carbocycles. The molecule has 1 atom stereocenters. The third-order valence-corrected chi connectivity index (χ3v) is 11.0. The van der Waals surface area contributed by atoms with Crippen molar-refractivity contribution in [2.75, 3.05) is 76.3 Å². The van der Waals surface area contributed by atoms with E-state index in [0.717, 1.165) is 30.8 Å². The lowest BCUT2D eigenvalue weighted by Gasteiger charge is -2.62. The van der Waals surface area contributed by atoms with E-state index in [1.54, 1.807) is 18.1 Å². The molecular weight excluding hydrogens is 661 g/mol. The Morgan fingerprint density at radius 2 is 1.63 bits per heavy atom. The van der Waals surface area contributed by atoms with Crippen LogP contribution < -0.4 is 20.0 Å². The molecule has 4 aromatic rings. The molecule has 0 saturated carbocycles. The third kappa shape index (κ3) is 5.40. The molecule has 3 fully saturated rings. The number of hydrogen-bond donors (Lipinski definition) is 0. The number of piperazine rings is 1. The van der Waals surface area contributed by atoms with Gasteiger partial charge in [-0.05, 0) is 44.2 Å². The fraction of sp³-hybridized carbons (Fsp3) is 0.395. The number of anilines is 2.